The second-order valence-electron chi connectivity index (χ2n) is 5.46. The molecule has 1 fully saturated rings. The van der Waals surface area contributed by atoms with Crippen LogP contribution in [0.25, 0.3) is 0 Å². The van der Waals surface area contributed by atoms with Crippen molar-refractivity contribution in [2.75, 3.05) is 5.32 Å². The van der Waals surface area contributed by atoms with Crippen molar-refractivity contribution in [3.8, 4) is 0 Å². The van der Waals surface area contributed by atoms with E-state index >= 15 is 0 Å². The van der Waals surface area contributed by atoms with E-state index in [1.165, 1.54) is 0 Å². The topological polar surface area (TPSA) is 79.3 Å². The van der Waals surface area contributed by atoms with Gasteiger partial charge < -0.3 is 10.4 Å². The molecule has 1 aromatic heterocycles. The Morgan fingerprint density at radius 1 is 1.30 bits per heavy atom. The molecular formula is C15H16N2O3. The van der Waals surface area contributed by atoms with Crippen LogP contribution in [-0.4, -0.2) is 22.0 Å². The molecule has 2 aliphatic carbocycles. The number of aryl methyl sites for hydroxylation is 1. The number of hydrogen-bond donors (Lipinski definition) is 2. The lowest BCUT2D eigenvalue weighted by Gasteiger charge is -2.24. The van der Waals surface area contributed by atoms with Gasteiger partial charge in [0, 0.05) is 6.20 Å². The highest BCUT2D eigenvalue weighted by Gasteiger charge is 2.51. The third kappa shape index (κ3) is 1.99. The minimum Gasteiger partial charge on any atom is -0.481 e. The van der Waals surface area contributed by atoms with E-state index in [9.17, 15) is 14.7 Å². The lowest BCUT2D eigenvalue weighted by atomic mass is 9.82. The third-order valence-electron chi connectivity index (χ3n) is 4.31. The Bertz CT molecular complexity index is 597. The van der Waals surface area contributed by atoms with Crippen molar-refractivity contribution >= 4 is 17.6 Å². The molecule has 1 heterocycles. The SMILES string of the molecule is Cc1ncccc1NC(=O)C1C2C=CC(C2)C1C(=O)O. The van der Waals surface area contributed by atoms with E-state index in [0.717, 1.165) is 12.1 Å². The van der Waals surface area contributed by atoms with Crippen molar-refractivity contribution in [3.63, 3.8) is 0 Å². The second-order valence-corrected chi connectivity index (χ2v) is 5.46. The van der Waals surface area contributed by atoms with Gasteiger partial charge in [0.2, 0.25) is 5.91 Å². The molecule has 1 amide bonds. The summed E-state index contributed by atoms with van der Waals surface area (Å²) in [4.78, 5) is 28.0. The first-order chi connectivity index (χ1) is 9.58. The van der Waals surface area contributed by atoms with Gasteiger partial charge in [0.05, 0.1) is 23.2 Å². The second kappa shape index (κ2) is 4.74. The summed E-state index contributed by atoms with van der Waals surface area (Å²) in [5.41, 5.74) is 1.37. The Balaban J connectivity index is 1.82. The van der Waals surface area contributed by atoms with Crippen LogP contribution in [0.3, 0.4) is 0 Å². The van der Waals surface area contributed by atoms with Crippen LogP contribution in [0.1, 0.15) is 12.1 Å². The van der Waals surface area contributed by atoms with Crippen LogP contribution >= 0.6 is 0 Å². The zero-order valence-electron chi connectivity index (χ0n) is 11.1. The number of nitrogens with zero attached hydrogens (tertiary/aromatic N) is 1. The van der Waals surface area contributed by atoms with Crippen molar-refractivity contribution in [2.45, 2.75) is 13.3 Å². The fourth-order valence-electron chi connectivity index (χ4n) is 3.35. The lowest BCUT2D eigenvalue weighted by molar-refractivity contribution is -0.146. The number of hydrogen-bond acceptors (Lipinski definition) is 3. The molecule has 1 aromatic rings. The number of pyridine rings is 1. The quantitative estimate of drug-likeness (QED) is 0.823. The molecule has 2 N–H and O–H groups in total. The first kappa shape index (κ1) is 12.8. The number of carboxylic acid groups (broad SMARTS) is 1. The first-order valence-electron chi connectivity index (χ1n) is 6.71. The van der Waals surface area contributed by atoms with Gasteiger partial charge in [-0.1, -0.05) is 12.2 Å². The molecular weight excluding hydrogens is 256 g/mol. The first-order valence-corrected chi connectivity index (χ1v) is 6.71. The predicted octanol–water partition coefficient (Wildman–Crippen LogP) is 1.85. The molecule has 2 aliphatic rings. The lowest BCUT2D eigenvalue weighted by Crippen LogP contribution is -2.36. The smallest absolute Gasteiger partial charge is 0.307 e. The molecule has 3 rings (SSSR count). The highest BCUT2D eigenvalue weighted by molar-refractivity contribution is 5.96. The molecule has 0 aromatic carbocycles. The Kier molecular flexibility index (Phi) is 3.04. The number of rotatable bonds is 3. The maximum absolute atomic E-state index is 12.4. The van der Waals surface area contributed by atoms with Crippen LogP contribution in [0.5, 0.6) is 0 Å². The average molecular weight is 272 g/mol. The number of nitrogens with one attached hydrogen (secondary N) is 1. The third-order valence-corrected chi connectivity index (χ3v) is 4.31. The average Bonchev–Trinajstić information content (AvgIpc) is 3.01. The van der Waals surface area contributed by atoms with Crippen LogP contribution in [0, 0.1) is 30.6 Å². The molecule has 0 saturated heterocycles. The zero-order valence-corrected chi connectivity index (χ0v) is 11.1. The normalized spacial score (nSPS) is 30.4. The largest absolute Gasteiger partial charge is 0.481 e. The Morgan fingerprint density at radius 3 is 2.65 bits per heavy atom. The number of aromatic nitrogens is 1. The fourth-order valence-corrected chi connectivity index (χ4v) is 3.35. The summed E-state index contributed by atoms with van der Waals surface area (Å²) in [5, 5.41) is 12.2. The van der Waals surface area contributed by atoms with E-state index < -0.39 is 17.8 Å². The molecule has 0 aliphatic heterocycles. The summed E-state index contributed by atoms with van der Waals surface area (Å²) in [6.45, 7) is 1.81. The van der Waals surface area contributed by atoms with Gasteiger partial charge in [-0.3, -0.25) is 14.6 Å². The van der Waals surface area contributed by atoms with Crippen LogP contribution < -0.4 is 5.32 Å². The number of carbonyl (C=O) groups is 2. The molecule has 104 valence electrons. The molecule has 5 nitrogen and oxygen atoms in total. The van der Waals surface area contributed by atoms with Gasteiger partial charge in [-0.2, -0.15) is 0 Å². The van der Waals surface area contributed by atoms with Gasteiger partial charge in [-0.05, 0) is 37.3 Å². The summed E-state index contributed by atoms with van der Waals surface area (Å²) in [7, 11) is 0. The van der Waals surface area contributed by atoms with E-state index in [-0.39, 0.29) is 17.7 Å². The van der Waals surface area contributed by atoms with E-state index in [4.69, 9.17) is 0 Å². The van der Waals surface area contributed by atoms with Gasteiger partial charge in [-0.15, -0.1) is 0 Å². The number of fused-ring (bicyclic) bond motifs is 2. The Hall–Kier alpha value is -2.17. The summed E-state index contributed by atoms with van der Waals surface area (Å²) < 4.78 is 0. The number of amides is 1. The molecule has 5 heteroatoms. The maximum Gasteiger partial charge on any atom is 0.307 e. The van der Waals surface area contributed by atoms with Gasteiger partial charge in [0.15, 0.2) is 0 Å². The summed E-state index contributed by atoms with van der Waals surface area (Å²) in [5.74, 6) is -2.17. The fraction of sp³-hybridized carbons (Fsp3) is 0.400. The molecule has 4 unspecified atom stereocenters. The van der Waals surface area contributed by atoms with Crippen molar-refractivity contribution < 1.29 is 14.7 Å². The van der Waals surface area contributed by atoms with E-state index in [0.29, 0.717) is 5.69 Å². The predicted molar refractivity (Wildman–Crippen MR) is 73.0 cm³/mol. The minimum absolute atomic E-state index is 0.0109. The number of anilines is 1. The van der Waals surface area contributed by atoms with Crippen molar-refractivity contribution in [1.82, 2.24) is 4.98 Å². The summed E-state index contributed by atoms with van der Waals surface area (Å²) in [6.07, 6.45) is 6.33. The maximum atomic E-state index is 12.4. The van der Waals surface area contributed by atoms with E-state index in [1.54, 1.807) is 18.3 Å². The molecule has 1 saturated carbocycles. The van der Waals surface area contributed by atoms with E-state index in [2.05, 4.69) is 10.3 Å². The molecule has 0 spiro atoms. The summed E-state index contributed by atoms with van der Waals surface area (Å²) >= 11 is 0. The number of carbonyl (C=O) groups excluding carboxylic acids is 1. The molecule has 4 atom stereocenters. The number of aliphatic carboxylic acids is 1. The van der Waals surface area contributed by atoms with Gasteiger partial charge in [0.25, 0.3) is 0 Å². The van der Waals surface area contributed by atoms with Crippen LogP contribution in [0.4, 0.5) is 5.69 Å². The zero-order chi connectivity index (χ0) is 14.3. The Labute approximate surface area is 116 Å². The van der Waals surface area contributed by atoms with Crippen LogP contribution in [0.15, 0.2) is 30.5 Å². The monoisotopic (exact) mass is 272 g/mol. The molecule has 20 heavy (non-hydrogen) atoms. The van der Waals surface area contributed by atoms with E-state index in [1.807, 2.05) is 19.1 Å². The van der Waals surface area contributed by atoms with Gasteiger partial charge in [-0.25, -0.2) is 0 Å². The highest BCUT2D eigenvalue weighted by atomic mass is 16.4. The molecule has 0 radical (unpaired) electrons. The van der Waals surface area contributed by atoms with Gasteiger partial charge >= 0.3 is 5.97 Å². The standard InChI is InChI=1S/C15H16N2O3/c1-8-11(3-2-6-16-8)17-14(18)12-9-4-5-10(7-9)13(12)15(19)20/h2-6,9-10,12-13H,7H2,1H3,(H,17,18)(H,19,20). The van der Waals surface area contributed by atoms with Crippen LogP contribution in [-0.2, 0) is 9.59 Å². The minimum atomic E-state index is -0.884. The number of carboxylic acids is 1. The van der Waals surface area contributed by atoms with Crippen molar-refractivity contribution in [1.29, 1.82) is 0 Å². The van der Waals surface area contributed by atoms with Crippen molar-refractivity contribution in [3.05, 3.63) is 36.2 Å². The van der Waals surface area contributed by atoms with Gasteiger partial charge in [0.1, 0.15) is 0 Å². The molecule has 2 bridgehead atoms. The highest BCUT2D eigenvalue weighted by Crippen LogP contribution is 2.48. The summed E-state index contributed by atoms with van der Waals surface area (Å²) in [6, 6.07) is 3.52. The van der Waals surface area contributed by atoms with Crippen molar-refractivity contribution in [2.24, 2.45) is 23.7 Å². The number of allylic oxidation sites excluding steroid dienone is 2. The Morgan fingerprint density at radius 2 is 2.00 bits per heavy atom. The van der Waals surface area contributed by atoms with Crippen LogP contribution in [0.2, 0.25) is 0 Å².